The summed E-state index contributed by atoms with van der Waals surface area (Å²) >= 11 is 0. The molecular weight excluding hydrogens is 390 g/mol. The highest BCUT2D eigenvalue weighted by atomic mass is 16.5. The molecule has 0 unspecified atom stereocenters. The van der Waals surface area contributed by atoms with E-state index in [2.05, 4.69) is 39.4 Å². The molecule has 1 N–H and O–H groups in total. The maximum atomic E-state index is 12.6. The molecule has 0 fully saturated rings. The summed E-state index contributed by atoms with van der Waals surface area (Å²) in [6.45, 7) is 2.46. The minimum absolute atomic E-state index is 0.139. The summed E-state index contributed by atoms with van der Waals surface area (Å²) in [5.74, 6) is 0.648. The van der Waals surface area contributed by atoms with Crippen molar-refractivity contribution >= 4 is 5.91 Å². The Bertz CT molecular complexity index is 1220. The molecule has 1 amide bonds. The third-order valence-corrected chi connectivity index (χ3v) is 5.24. The van der Waals surface area contributed by atoms with Gasteiger partial charge in [0.1, 0.15) is 11.9 Å². The number of amides is 1. The van der Waals surface area contributed by atoms with Crippen LogP contribution in [-0.2, 0) is 6.42 Å². The lowest BCUT2D eigenvalue weighted by Gasteiger charge is -2.13. The number of ether oxygens (including phenoxy) is 1. The molecule has 1 atom stereocenters. The van der Waals surface area contributed by atoms with E-state index in [1.54, 1.807) is 35.7 Å². The van der Waals surface area contributed by atoms with E-state index in [0.717, 1.165) is 40.2 Å². The minimum Gasteiger partial charge on any atom is -0.487 e. The fourth-order valence-corrected chi connectivity index (χ4v) is 3.81. The van der Waals surface area contributed by atoms with Crippen LogP contribution in [0.5, 0.6) is 5.75 Å². The van der Waals surface area contributed by atoms with Crippen LogP contribution in [0.15, 0.2) is 73.4 Å². The topological polar surface area (TPSA) is 81.9 Å². The average Bonchev–Trinajstić information content (AvgIpc) is 3.45. The number of carbonyl (C=O) groups excluding carboxylic acids is 1. The van der Waals surface area contributed by atoms with Gasteiger partial charge in [0.15, 0.2) is 0 Å². The molecule has 0 radical (unpaired) electrons. The van der Waals surface area contributed by atoms with Gasteiger partial charge in [-0.1, -0.05) is 24.3 Å². The number of rotatable bonds is 5. The fraction of sp³-hybridized carbons (Fsp3) is 0.167. The summed E-state index contributed by atoms with van der Waals surface area (Å²) in [4.78, 5) is 21.2. The molecule has 0 saturated carbocycles. The first kappa shape index (κ1) is 19.0. The van der Waals surface area contributed by atoms with Gasteiger partial charge >= 0.3 is 0 Å². The van der Waals surface area contributed by atoms with Crippen molar-refractivity contribution in [1.29, 1.82) is 0 Å². The van der Waals surface area contributed by atoms with Crippen molar-refractivity contribution in [2.24, 2.45) is 0 Å². The summed E-state index contributed by atoms with van der Waals surface area (Å²) in [5, 5.41) is 7.26. The molecule has 0 bridgehead atoms. The van der Waals surface area contributed by atoms with Crippen molar-refractivity contribution < 1.29 is 9.53 Å². The zero-order chi connectivity index (χ0) is 21.2. The lowest BCUT2D eigenvalue weighted by molar-refractivity contribution is 0.0933. The van der Waals surface area contributed by atoms with Gasteiger partial charge in [0.05, 0.1) is 35.9 Å². The third kappa shape index (κ3) is 3.90. The Balaban J connectivity index is 1.27. The van der Waals surface area contributed by atoms with Gasteiger partial charge in [0.25, 0.3) is 5.91 Å². The van der Waals surface area contributed by atoms with Crippen molar-refractivity contribution in [3.63, 3.8) is 0 Å². The fourth-order valence-electron chi connectivity index (χ4n) is 3.81. The number of nitrogens with zero attached hydrogens (tertiary/aromatic N) is 4. The Labute approximate surface area is 179 Å². The van der Waals surface area contributed by atoms with Gasteiger partial charge in [-0.2, -0.15) is 5.10 Å². The first-order chi connectivity index (χ1) is 15.2. The Kier molecular flexibility index (Phi) is 4.92. The van der Waals surface area contributed by atoms with Gasteiger partial charge < -0.3 is 10.1 Å². The van der Waals surface area contributed by atoms with Crippen molar-refractivity contribution in [3.05, 3.63) is 90.1 Å². The van der Waals surface area contributed by atoms with E-state index in [0.29, 0.717) is 12.1 Å². The second-order valence-electron chi connectivity index (χ2n) is 7.55. The normalized spacial score (nSPS) is 14.7. The highest BCUT2D eigenvalue weighted by Gasteiger charge is 2.27. The van der Waals surface area contributed by atoms with E-state index < -0.39 is 0 Å². The van der Waals surface area contributed by atoms with Crippen LogP contribution in [0.2, 0.25) is 0 Å². The maximum Gasteiger partial charge on any atom is 0.254 e. The molecule has 0 spiro atoms. The zero-order valence-corrected chi connectivity index (χ0v) is 17.0. The summed E-state index contributed by atoms with van der Waals surface area (Å²) in [6.07, 6.45) is 8.95. The Morgan fingerprint density at radius 3 is 2.87 bits per heavy atom. The number of aromatic nitrogens is 4. The van der Waals surface area contributed by atoms with Crippen LogP contribution >= 0.6 is 0 Å². The lowest BCUT2D eigenvalue weighted by atomic mass is 10.0. The molecule has 3 heterocycles. The lowest BCUT2D eigenvalue weighted by Crippen LogP contribution is -2.34. The summed E-state index contributed by atoms with van der Waals surface area (Å²) in [5.41, 5.74) is 5.39. The van der Waals surface area contributed by atoms with Crippen LogP contribution in [0.3, 0.4) is 0 Å². The van der Waals surface area contributed by atoms with Gasteiger partial charge in [-0.15, -0.1) is 0 Å². The highest BCUT2D eigenvalue weighted by molar-refractivity contribution is 5.93. The molecule has 1 aliphatic rings. The number of benzene rings is 2. The number of fused-ring (bicyclic) bond motifs is 1. The van der Waals surface area contributed by atoms with Crippen LogP contribution in [0.1, 0.15) is 21.5 Å². The van der Waals surface area contributed by atoms with E-state index in [1.165, 1.54) is 0 Å². The molecule has 2 aromatic carbocycles. The van der Waals surface area contributed by atoms with Crippen molar-refractivity contribution in [2.75, 3.05) is 6.54 Å². The van der Waals surface area contributed by atoms with Gasteiger partial charge in [-0.25, -0.2) is 4.68 Å². The second-order valence-corrected chi connectivity index (χ2v) is 7.55. The van der Waals surface area contributed by atoms with E-state index in [9.17, 15) is 4.79 Å². The van der Waals surface area contributed by atoms with Gasteiger partial charge in [-0.05, 0) is 36.2 Å². The van der Waals surface area contributed by atoms with Crippen molar-refractivity contribution in [1.82, 2.24) is 25.1 Å². The van der Waals surface area contributed by atoms with E-state index in [1.807, 2.05) is 30.3 Å². The van der Waals surface area contributed by atoms with Crippen molar-refractivity contribution in [2.45, 2.75) is 19.4 Å². The first-order valence-corrected chi connectivity index (χ1v) is 10.1. The van der Waals surface area contributed by atoms with Crippen LogP contribution in [0, 0.1) is 6.92 Å². The monoisotopic (exact) mass is 411 g/mol. The standard InChI is InChI=1S/C24H21N5O2/c1-16-9-17-11-20(31-23(17)21(10-16)22-14-25-7-8-26-22)13-27-24(30)18-12-28-29(15-18)19-5-3-2-4-6-19/h2-10,12,14-15,20H,11,13H2,1H3,(H,27,30)/t20-/m1/s1. The van der Waals surface area contributed by atoms with E-state index in [4.69, 9.17) is 4.74 Å². The Morgan fingerprint density at radius 1 is 1.19 bits per heavy atom. The number of hydrogen-bond donors (Lipinski definition) is 1. The number of aryl methyl sites for hydroxylation is 1. The molecule has 7 heteroatoms. The van der Waals surface area contributed by atoms with Crippen molar-refractivity contribution in [3.8, 4) is 22.7 Å². The van der Waals surface area contributed by atoms with Gasteiger partial charge in [-0.3, -0.25) is 14.8 Å². The molecule has 5 rings (SSSR count). The largest absolute Gasteiger partial charge is 0.487 e. The van der Waals surface area contributed by atoms with Crippen LogP contribution in [-0.4, -0.2) is 38.3 Å². The van der Waals surface area contributed by atoms with E-state index in [-0.39, 0.29) is 12.0 Å². The smallest absolute Gasteiger partial charge is 0.254 e. The molecule has 0 saturated heterocycles. The predicted octanol–water partition coefficient (Wildman–Crippen LogP) is 3.37. The molecule has 7 nitrogen and oxygen atoms in total. The third-order valence-electron chi connectivity index (χ3n) is 5.24. The molecular formula is C24H21N5O2. The Morgan fingerprint density at radius 2 is 2.06 bits per heavy atom. The zero-order valence-electron chi connectivity index (χ0n) is 17.0. The van der Waals surface area contributed by atoms with Crippen LogP contribution < -0.4 is 10.1 Å². The quantitative estimate of drug-likeness (QED) is 0.545. The molecule has 2 aromatic heterocycles. The minimum atomic E-state index is -0.174. The number of para-hydroxylation sites is 1. The molecule has 4 aromatic rings. The van der Waals surface area contributed by atoms with Crippen LogP contribution in [0.4, 0.5) is 0 Å². The second kappa shape index (κ2) is 8.02. The van der Waals surface area contributed by atoms with Crippen LogP contribution in [0.25, 0.3) is 16.9 Å². The summed E-state index contributed by atoms with van der Waals surface area (Å²) in [7, 11) is 0. The number of hydrogen-bond acceptors (Lipinski definition) is 5. The average molecular weight is 411 g/mol. The molecule has 154 valence electrons. The summed E-state index contributed by atoms with van der Waals surface area (Å²) in [6, 6.07) is 13.9. The Hall–Kier alpha value is -4.00. The van der Waals surface area contributed by atoms with Gasteiger partial charge in [0.2, 0.25) is 0 Å². The molecule has 0 aliphatic carbocycles. The highest BCUT2D eigenvalue weighted by Crippen LogP contribution is 2.38. The van der Waals surface area contributed by atoms with Gasteiger partial charge in [0, 0.05) is 30.6 Å². The summed E-state index contributed by atoms with van der Waals surface area (Å²) < 4.78 is 7.89. The number of carbonyl (C=O) groups is 1. The SMILES string of the molecule is Cc1cc2c(c(-c3cnccn3)c1)O[C@@H](CNC(=O)c1cnn(-c3ccccc3)c1)C2. The number of nitrogens with one attached hydrogen (secondary N) is 1. The molecule has 1 aliphatic heterocycles. The predicted molar refractivity (Wildman–Crippen MR) is 116 cm³/mol. The molecule has 31 heavy (non-hydrogen) atoms. The maximum absolute atomic E-state index is 12.6. The first-order valence-electron chi connectivity index (χ1n) is 10.1. The van der Waals surface area contributed by atoms with E-state index >= 15 is 0 Å².